The highest BCUT2D eigenvalue weighted by atomic mass is 16.4. The van der Waals surface area contributed by atoms with E-state index >= 15 is 0 Å². The standard InChI is InChI=1S/C19H24O4/c1-17(2,3)14-7-5-13(6-8-14)11-18(4,16(22)23)15(21)19(12-20)9-10-19/h5-8,12H,9-11H2,1-4H3,(H,22,23). The number of ketones is 1. The van der Waals surface area contributed by atoms with Gasteiger partial charge in [-0.3, -0.25) is 9.59 Å². The second kappa shape index (κ2) is 5.59. The molecule has 0 amide bonds. The number of carboxylic acid groups (broad SMARTS) is 1. The van der Waals surface area contributed by atoms with E-state index in [9.17, 15) is 19.5 Å². The van der Waals surface area contributed by atoms with Crippen LogP contribution in [0.4, 0.5) is 0 Å². The van der Waals surface area contributed by atoms with Crippen LogP contribution in [0.15, 0.2) is 24.3 Å². The van der Waals surface area contributed by atoms with Crippen molar-refractivity contribution in [2.24, 2.45) is 10.8 Å². The lowest BCUT2D eigenvalue weighted by Gasteiger charge is -2.26. The van der Waals surface area contributed by atoms with Crippen LogP contribution in [-0.4, -0.2) is 23.1 Å². The molecule has 1 unspecified atom stereocenters. The van der Waals surface area contributed by atoms with Crippen LogP contribution in [0.1, 0.15) is 51.7 Å². The SMILES string of the molecule is CC(Cc1ccc(C(C)(C)C)cc1)(C(=O)O)C(=O)C1(C=O)CC1. The van der Waals surface area contributed by atoms with Crippen molar-refractivity contribution >= 4 is 18.0 Å². The minimum atomic E-state index is -1.57. The normalized spacial score (nSPS) is 18.8. The van der Waals surface area contributed by atoms with E-state index in [4.69, 9.17) is 0 Å². The molecule has 0 spiro atoms. The summed E-state index contributed by atoms with van der Waals surface area (Å²) >= 11 is 0. The van der Waals surface area contributed by atoms with Gasteiger partial charge in [0.25, 0.3) is 0 Å². The number of hydrogen-bond donors (Lipinski definition) is 1. The molecule has 4 heteroatoms. The first-order valence-corrected chi connectivity index (χ1v) is 7.89. The molecule has 1 N–H and O–H groups in total. The first kappa shape index (κ1) is 17.4. The molecule has 4 nitrogen and oxygen atoms in total. The van der Waals surface area contributed by atoms with E-state index in [1.807, 2.05) is 24.3 Å². The second-order valence-electron chi connectivity index (χ2n) is 7.86. The number of carbonyl (C=O) groups excluding carboxylic acids is 2. The Labute approximate surface area is 136 Å². The molecule has 1 aliphatic carbocycles. The Morgan fingerprint density at radius 3 is 2.00 bits per heavy atom. The van der Waals surface area contributed by atoms with E-state index in [1.54, 1.807) is 0 Å². The monoisotopic (exact) mass is 316 g/mol. The zero-order chi connectivity index (χ0) is 17.5. The van der Waals surface area contributed by atoms with Gasteiger partial charge in [-0.25, -0.2) is 0 Å². The minimum absolute atomic E-state index is 0.0139. The zero-order valence-corrected chi connectivity index (χ0v) is 14.2. The number of aliphatic carboxylic acids is 1. The maximum Gasteiger partial charge on any atom is 0.317 e. The summed E-state index contributed by atoms with van der Waals surface area (Å²) in [7, 11) is 0. The molecule has 1 atom stereocenters. The van der Waals surface area contributed by atoms with Crippen LogP contribution < -0.4 is 0 Å². The zero-order valence-electron chi connectivity index (χ0n) is 14.2. The van der Waals surface area contributed by atoms with Crippen molar-refractivity contribution in [2.75, 3.05) is 0 Å². The average molecular weight is 316 g/mol. The molecule has 124 valence electrons. The molecule has 1 aromatic carbocycles. The average Bonchev–Trinajstić information content (AvgIpc) is 3.26. The Morgan fingerprint density at radius 1 is 1.13 bits per heavy atom. The lowest BCUT2D eigenvalue weighted by atomic mass is 9.73. The van der Waals surface area contributed by atoms with E-state index in [1.165, 1.54) is 6.92 Å². The van der Waals surface area contributed by atoms with Gasteiger partial charge >= 0.3 is 5.97 Å². The third-order valence-electron chi connectivity index (χ3n) is 4.82. The number of benzene rings is 1. The van der Waals surface area contributed by atoms with Crippen molar-refractivity contribution < 1.29 is 19.5 Å². The van der Waals surface area contributed by atoms with Crippen LogP contribution in [0.3, 0.4) is 0 Å². The number of carbonyl (C=O) groups is 3. The Balaban J connectivity index is 2.28. The summed E-state index contributed by atoms with van der Waals surface area (Å²) < 4.78 is 0. The van der Waals surface area contributed by atoms with E-state index in [2.05, 4.69) is 20.8 Å². The van der Waals surface area contributed by atoms with Crippen LogP contribution in [0.5, 0.6) is 0 Å². The van der Waals surface area contributed by atoms with Crippen molar-refractivity contribution in [3.8, 4) is 0 Å². The highest BCUT2D eigenvalue weighted by Gasteiger charge is 2.58. The second-order valence-corrected chi connectivity index (χ2v) is 7.86. The van der Waals surface area contributed by atoms with Crippen LogP contribution in [0.2, 0.25) is 0 Å². The Morgan fingerprint density at radius 2 is 1.65 bits per heavy atom. The third kappa shape index (κ3) is 3.21. The van der Waals surface area contributed by atoms with E-state index in [0.717, 1.165) is 11.1 Å². The lowest BCUT2D eigenvalue weighted by molar-refractivity contribution is -0.156. The number of carboxylic acids is 1. The highest BCUT2D eigenvalue weighted by Crippen LogP contribution is 2.49. The summed E-state index contributed by atoms with van der Waals surface area (Å²) in [6, 6.07) is 7.68. The van der Waals surface area contributed by atoms with Gasteiger partial charge in [-0.05, 0) is 42.7 Å². The van der Waals surface area contributed by atoms with Crippen LogP contribution in [-0.2, 0) is 26.2 Å². The molecule has 1 fully saturated rings. The fourth-order valence-electron chi connectivity index (χ4n) is 2.87. The molecule has 0 heterocycles. The van der Waals surface area contributed by atoms with Gasteiger partial charge in [0.2, 0.25) is 0 Å². The van der Waals surface area contributed by atoms with Gasteiger partial charge in [-0.2, -0.15) is 0 Å². The summed E-state index contributed by atoms with van der Waals surface area (Å²) in [5.41, 5.74) is -0.687. The number of aldehydes is 1. The molecule has 0 aliphatic heterocycles. The fourth-order valence-corrected chi connectivity index (χ4v) is 2.87. The largest absolute Gasteiger partial charge is 0.480 e. The smallest absolute Gasteiger partial charge is 0.317 e. The Bertz CT molecular complexity index is 632. The fraction of sp³-hybridized carbons (Fsp3) is 0.526. The number of hydrogen-bond acceptors (Lipinski definition) is 3. The van der Waals surface area contributed by atoms with Crippen LogP contribution >= 0.6 is 0 Å². The summed E-state index contributed by atoms with van der Waals surface area (Å²) in [5, 5.41) is 9.60. The lowest BCUT2D eigenvalue weighted by Crippen LogP contribution is -2.43. The molecule has 0 radical (unpaired) electrons. The molecule has 23 heavy (non-hydrogen) atoms. The maximum absolute atomic E-state index is 12.6. The molecule has 1 aromatic rings. The maximum atomic E-state index is 12.6. The quantitative estimate of drug-likeness (QED) is 0.646. The van der Waals surface area contributed by atoms with Gasteiger partial charge in [-0.15, -0.1) is 0 Å². The Hall–Kier alpha value is -1.97. The van der Waals surface area contributed by atoms with Gasteiger partial charge in [-0.1, -0.05) is 45.0 Å². The first-order valence-electron chi connectivity index (χ1n) is 7.89. The van der Waals surface area contributed by atoms with Crippen molar-refractivity contribution in [2.45, 2.75) is 52.4 Å². The molecular formula is C19H24O4. The summed E-state index contributed by atoms with van der Waals surface area (Å²) in [6.45, 7) is 7.74. The molecule has 0 bridgehead atoms. The van der Waals surface area contributed by atoms with Gasteiger partial charge in [0, 0.05) is 0 Å². The van der Waals surface area contributed by atoms with Gasteiger partial charge in [0.1, 0.15) is 11.7 Å². The first-order chi connectivity index (χ1) is 10.5. The van der Waals surface area contributed by atoms with Gasteiger partial charge < -0.3 is 9.90 Å². The van der Waals surface area contributed by atoms with Gasteiger partial charge in [0.15, 0.2) is 5.78 Å². The molecule has 0 aromatic heterocycles. The van der Waals surface area contributed by atoms with Crippen molar-refractivity contribution in [3.05, 3.63) is 35.4 Å². The van der Waals surface area contributed by atoms with Crippen LogP contribution in [0, 0.1) is 10.8 Å². The minimum Gasteiger partial charge on any atom is -0.480 e. The highest BCUT2D eigenvalue weighted by molar-refractivity contribution is 6.13. The van der Waals surface area contributed by atoms with Crippen molar-refractivity contribution in [3.63, 3.8) is 0 Å². The van der Waals surface area contributed by atoms with E-state index in [0.29, 0.717) is 19.1 Å². The predicted octanol–water partition coefficient (Wildman–Crippen LogP) is 3.17. The molecule has 2 rings (SSSR count). The van der Waals surface area contributed by atoms with E-state index in [-0.39, 0.29) is 11.8 Å². The number of rotatable bonds is 6. The van der Waals surface area contributed by atoms with Gasteiger partial charge in [0.05, 0.1) is 5.41 Å². The molecular weight excluding hydrogens is 292 g/mol. The topological polar surface area (TPSA) is 71.4 Å². The molecule has 0 saturated heterocycles. The Kier molecular flexibility index (Phi) is 4.22. The molecule has 1 saturated carbocycles. The number of Topliss-reactive ketones (excluding diaryl/α,β-unsaturated/α-hetero) is 1. The predicted molar refractivity (Wildman–Crippen MR) is 87.3 cm³/mol. The summed E-state index contributed by atoms with van der Waals surface area (Å²) in [6.07, 6.45) is 1.64. The summed E-state index contributed by atoms with van der Waals surface area (Å²) in [4.78, 5) is 35.6. The molecule has 1 aliphatic rings. The van der Waals surface area contributed by atoms with E-state index < -0.39 is 22.6 Å². The third-order valence-corrected chi connectivity index (χ3v) is 4.82. The summed E-state index contributed by atoms with van der Waals surface area (Å²) in [5.74, 6) is -1.64. The van der Waals surface area contributed by atoms with Crippen LogP contribution in [0.25, 0.3) is 0 Å². The van der Waals surface area contributed by atoms with Crippen molar-refractivity contribution in [1.82, 2.24) is 0 Å². The van der Waals surface area contributed by atoms with Crippen molar-refractivity contribution in [1.29, 1.82) is 0 Å².